The summed E-state index contributed by atoms with van der Waals surface area (Å²) in [5, 5.41) is 3.31. The number of hydrogen-bond acceptors (Lipinski definition) is 2. The minimum atomic E-state index is -4.56. The van der Waals surface area contributed by atoms with E-state index in [1.165, 1.54) is 0 Å². The Bertz CT molecular complexity index is 791. The molecule has 142 valence electrons. The molecule has 0 atom stereocenters. The minimum Gasteiger partial charge on any atom is -0.382 e. The molecule has 2 rings (SSSR count). The molecule has 9 heteroatoms. The predicted molar refractivity (Wildman–Crippen MR) is 105 cm³/mol. The molecule has 0 saturated carbocycles. The molecular weight excluding hydrogens is 453 g/mol. The van der Waals surface area contributed by atoms with Crippen molar-refractivity contribution in [1.29, 1.82) is 0 Å². The van der Waals surface area contributed by atoms with Gasteiger partial charge in [-0.25, -0.2) is 0 Å². The molecule has 26 heavy (non-hydrogen) atoms. The number of alkyl halides is 3. The summed E-state index contributed by atoms with van der Waals surface area (Å²) >= 11 is 14.3. The van der Waals surface area contributed by atoms with Gasteiger partial charge in [-0.15, -0.1) is 0 Å². The third-order valence-corrected chi connectivity index (χ3v) is 5.18. The Labute approximate surface area is 168 Å². The molecule has 1 N–H and O–H groups in total. The third kappa shape index (κ3) is 4.60. The molecule has 0 radical (unpaired) electrons. The van der Waals surface area contributed by atoms with Gasteiger partial charge in [0.15, 0.2) is 0 Å². The standard InChI is InChI=1S/C17H17BrClF3N2OS/c1-3-25-9-24-15(10-4-6-11(19)7-5-10)12(8-13(26)23-2)14(18)16(24)17(20,21)22/h4-7H,3,8-9H2,1-2H3,(H,23,26). The van der Waals surface area contributed by atoms with Gasteiger partial charge in [-0.2, -0.15) is 13.2 Å². The van der Waals surface area contributed by atoms with Gasteiger partial charge in [-0.1, -0.05) is 36.0 Å². The van der Waals surface area contributed by atoms with E-state index >= 15 is 0 Å². The molecule has 2 aromatic rings. The largest absolute Gasteiger partial charge is 0.432 e. The van der Waals surface area contributed by atoms with Gasteiger partial charge >= 0.3 is 6.18 Å². The quantitative estimate of drug-likeness (QED) is 0.552. The van der Waals surface area contributed by atoms with E-state index in [0.717, 1.165) is 4.57 Å². The first kappa shape index (κ1) is 21.2. The Balaban J connectivity index is 2.77. The van der Waals surface area contributed by atoms with Gasteiger partial charge in [0.2, 0.25) is 0 Å². The molecule has 0 aliphatic carbocycles. The van der Waals surface area contributed by atoms with Crippen molar-refractivity contribution in [2.45, 2.75) is 26.3 Å². The number of thiocarbonyl (C=S) groups is 1. The van der Waals surface area contributed by atoms with Crippen molar-refractivity contribution in [2.24, 2.45) is 0 Å². The molecule has 0 aliphatic heterocycles. The Morgan fingerprint density at radius 1 is 1.31 bits per heavy atom. The smallest absolute Gasteiger partial charge is 0.382 e. The molecular formula is C17H17BrClF3N2OS. The average molecular weight is 470 g/mol. The van der Waals surface area contributed by atoms with Crippen LogP contribution in [0.1, 0.15) is 18.2 Å². The number of hydrogen-bond donors (Lipinski definition) is 1. The van der Waals surface area contributed by atoms with Gasteiger partial charge in [-0.3, -0.25) is 0 Å². The molecule has 0 bridgehead atoms. The normalized spacial score (nSPS) is 11.7. The molecule has 0 spiro atoms. The summed E-state index contributed by atoms with van der Waals surface area (Å²) < 4.78 is 47.7. The zero-order valence-electron chi connectivity index (χ0n) is 14.1. The first-order valence-electron chi connectivity index (χ1n) is 7.73. The van der Waals surface area contributed by atoms with Crippen LogP contribution in [0.25, 0.3) is 11.3 Å². The van der Waals surface area contributed by atoms with Gasteiger partial charge in [0, 0.05) is 25.1 Å². The lowest BCUT2D eigenvalue weighted by molar-refractivity contribution is -0.146. The Morgan fingerprint density at radius 3 is 2.42 bits per heavy atom. The molecule has 1 heterocycles. The van der Waals surface area contributed by atoms with Crippen LogP contribution in [0.15, 0.2) is 28.7 Å². The second-order valence-corrected chi connectivity index (χ2v) is 7.12. The monoisotopic (exact) mass is 468 g/mol. The van der Waals surface area contributed by atoms with Crippen LogP contribution in [0.3, 0.4) is 0 Å². The van der Waals surface area contributed by atoms with E-state index in [1.807, 2.05) is 0 Å². The van der Waals surface area contributed by atoms with Crippen molar-refractivity contribution in [3.63, 3.8) is 0 Å². The van der Waals surface area contributed by atoms with Crippen LogP contribution in [0, 0.1) is 0 Å². The Kier molecular flexibility index (Phi) is 7.12. The van der Waals surface area contributed by atoms with Crippen LogP contribution in [0.2, 0.25) is 5.02 Å². The zero-order chi connectivity index (χ0) is 19.5. The number of likely N-dealkylation sites (N-methyl/N-ethyl adjacent to an activating group) is 1. The molecule has 0 saturated heterocycles. The van der Waals surface area contributed by atoms with E-state index in [0.29, 0.717) is 26.8 Å². The number of benzene rings is 1. The first-order valence-corrected chi connectivity index (χ1v) is 9.30. The van der Waals surface area contributed by atoms with Crippen molar-refractivity contribution in [3.8, 4) is 11.3 Å². The van der Waals surface area contributed by atoms with Crippen LogP contribution in [0.5, 0.6) is 0 Å². The Morgan fingerprint density at radius 2 is 1.92 bits per heavy atom. The molecule has 1 aromatic heterocycles. The molecule has 0 amide bonds. The highest BCUT2D eigenvalue weighted by Gasteiger charge is 2.40. The summed E-state index contributed by atoms with van der Waals surface area (Å²) in [5.41, 5.74) is 0.634. The van der Waals surface area contributed by atoms with Crippen LogP contribution < -0.4 is 5.32 Å². The van der Waals surface area contributed by atoms with Crippen molar-refractivity contribution in [3.05, 3.63) is 45.0 Å². The van der Waals surface area contributed by atoms with Crippen LogP contribution in [-0.4, -0.2) is 23.2 Å². The average Bonchev–Trinajstić information content (AvgIpc) is 2.85. The summed E-state index contributed by atoms with van der Waals surface area (Å²) in [6.45, 7) is 1.79. The Hall–Kier alpha value is -1.09. The third-order valence-electron chi connectivity index (χ3n) is 3.73. The van der Waals surface area contributed by atoms with Gasteiger partial charge < -0.3 is 14.6 Å². The van der Waals surface area contributed by atoms with Gasteiger partial charge in [0.25, 0.3) is 0 Å². The van der Waals surface area contributed by atoms with Gasteiger partial charge in [0.05, 0.1) is 15.2 Å². The van der Waals surface area contributed by atoms with E-state index in [1.54, 1.807) is 38.2 Å². The maximum absolute atomic E-state index is 13.8. The SMILES string of the molecule is CCOCn1c(-c2ccc(Cl)cc2)c(CC(=S)NC)c(Br)c1C(F)(F)F. The predicted octanol–water partition coefficient (Wildman–Crippen LogP) is 5.67. The highest BCUT2D eigenvalue weighted by molar-refractivity contribution is 9.10. The van der Waals surface area contributed by atoms with Crippen LogP contribution >= 0.6 is 39.7 Å². The van der Waals surface area contributed by atoms with Crippen molar-refractivity contribution >= 4 is 44.7 Å². The zero-order valence-corrected chi connectivity index (χ0v) is 17.2. The topological polar surface area (TPSA) is 26.2 Å². The molecule has 0 fully saturated rings. The first-order chi connectivity index (χ1) is 12.2. The summed E-state index contributed by atoms with van der Waals surface area (Å²) in [5.74, 6) is 0. The van der Waals surface area contributed by atoms with Crippen LogP contribution in [0.4, 0.5) is 13.2 Å². The van der Waals surface area contributed by atoms with E-state index in [2.05, 4.69) is 21.2 Å². The van der Waals surface area contributed by atoms with Crippen molar-refractivity contribution in [2.75, 3.05) is 13.7 Å². The van der Waals surface area contributed by atoms with Crippen molar-refractivity contribution < 1.29 is 17.9 Å². The number of nitrogens with one attached hydrogen (secondary N) is 1. The summed E-state index contributed by atoms with van der Waals surface area (Å²) in [4.78, 5) is 0.434. The van der Waals surface area contributed by atoms with Gasteiger partial charge in [0.1, 0.15) is 12.4 Å². The fourth-order valence-corrected chi connectivity index (χ4v) is 3.61. The fourth-order valence-electron chi connectivity index (χ4n) is 2.58. The van der Waals surface area contributed by atoms with E-state index in [4.69, 9.17) is 28.6 Å². The van der Waals surface area contributed by atoms with E-state index in [9.17, 15) is 13.2 Å². The maximum Gasteiger partial charge on any atom is 0.432 e. The number of nitrogens with zero attached hydrogens (tertiary/aromatic N) is 1. The summed E-state index contributed by atoms with van der Waals surface area (Å²) in [6, 6.07) is 6.63. The maximum atomic E-state index is 13.8. The second-order valence-electron chi connectivity index (χ2n) is 5.39. The van der Waals surface area contributed by atoms with Crippen LogP contribution in [-0.2, 0) is 24.1 Å². The number of aromatic nitrogens is 1. The molecule has 0 unspecified atom stereocenters. The molecule has 3 nitrogen and oxygen atoms in total. The minimum absolute atomic E-state index is 0.0350. The molecule has 0 aliphatic rings. The number of ether oxygens (including phenoxy) is 1. The molecule has 1 aromatic carbocycles. The van der Waals surface area contributed by atoms with E-state index in [-0.39, 0.29) is 24.2 Å². The fraction of sp³-hybridized carbons (Fsp3) is 0.353. The highest BCUT2D eigenvalue weighted by atomic mass is 79.9. The lowest BCUT2D eigenvalue weighted by atomic mass is 10.1. The second kappa shape index (κ2) is 8.73. The highest BCUT2D eigenvalue weighted by Crippen LogP contribution is 2.43. The lowest BCUT2D eigenvalue weighted by Gasteiger charge is -2.16. The van der Waals surface area contributed by atoms with E-state index < -0.39 is 11.9 Å². The summed E-state index contributed by atoms with van der Waals surface area (Å²) in [7, 11) is 1.64. The van der Waals surface area contributed by atoms with Gasteiger partial charge in [-0.05, 0) is 46.1 Å². The number of halogens is 5. The summed E-state index contributed by atoms with van der Waals surface area (Å²) in [6.07, 6.45) is -4.40. The number of rotatable bonds is 6. The van der Waals surface area contributed by atoms with Crippen molar-refractivity contribution in [1.82, 2.24) is 9.88 Å². The lowest BCUT2D eigenvalue weighted by Crippen LogP contribution is -2.18.